The van der Waals surface area contributed by atoms with Gasteiger partial charge in [0.15, 0.2) is 0 Å². The van der Waals surface area contributed by atoms with Gasteiger partial charge >= 0.3 is 0 Å². The molecular weight excluding hydrogens is 264 g/mol. The van der Waals surface area contributed by atoms with Gasteiger partial charge in [-0.2, -0.15) is 0 Å². The van der Waals surface area contributed by atoms with Crippen LogP contribution in [0.25, 0.3) is 0 Å². The second-order valence-electron chi connectivity index (χ2n) is 6.16. The molecule has 2 saturated heterocycles. The maximum atomic E-state index is 12.2. The highest BCUT2D eigenvalue weighted by molar-refractivity contribution is 5.85. The minimum atomic E-state index is -0.178. The summed E-state index contributed by atoms with van der Waals surface area (Å²) in [4.78, 5) is 14.2. The molecule has 2 fully saturated rings. The molecule has 19 heavy (non-hydrogen) atoms. The van der Waals surface area contributed by atoms with Crippen molar-refractivity contribution >= 4 is 18.3 Å². The van der Waals surface area contributed by atoms with Crippen molar-refractivity contribution in [3.05, 3.63) is 0 Å². The normalized spacial score (nSPS) is 23.8. The molecule has 0 saturated carbocycles. The average molecular weight is 291 g/mol. The summed E-state index contributed by atoms with van der Waals surface area (Å²) < 4.78 is 5.64. The van der Waals surface area contributed by atoms with Gasteiger partial charge in [0, 0.05) is 19.5 Å². The smallest absolute Gasteiger partial charge is 0.222 e. The zero-order valence-corrected chi connectivity index (χ0v) is 12.9. The number of halogens is 1. The van der Waals surface area contributed by atoms with Crippen LogP contribution in [0, 0.1) is 5.92 Å². The van der Waals surface area contributed by atoms with E-state index < -0.39 is 0 Å². The third-order valence-electron chi connectivity index (χ3n) is 4.00. The monoisotopic (exact) mass is 290 g/mol. The summed E-state index contributed by atoms with van der Waals surface area (Å²) in [6, 6.07) is 0. The maximum Gasteiger partial charge on any atom is 0.222 e. The standard InChI is InChI=1S/C14H26N2O2.ClH/c1-14(2)11-16(9-10-18-14)13(17)4-3-12-5-7-15-8-6-12;/h12,15H,3-11H2,1-2H3;1H. The van der Waals surface area contributed by atoms with Gasteiger partial charge in [-0.3, -0.25) is 4.79 Å². The SMILES string of the molecule is CC1(C)CN(C(=O)CCC2CCNCC2)CCO1.Cl. The number of hydrogen-bond acceptors (Lipinski definition) is 3. The van der Waals surface area contributed by atoms with E-state index in [4.69, 9.17) is 4.74 Å². The summed E-state index contributed by atoms with van der Waals surface area (Å²) in [5.74, 6) is 1.05. The van der Waals surface area contributed by atoms with E-state index in [9.17, 15) is 4.79 Å². The molecule has 0 aromatic carbocycles. The van der Waals surface area contributed by atoms with Crippen molar-refractivity contribution in [2.45, 2.75) is 45.1 Å². The molecule has 0 aliphatic carbocycles. The first-order valence-corrected chi connectivity index (χ1v) is 7.19. The van der Waals surface area contributed by atoms with Gasteiger partial charge in [-0.05, 0) is 52.1 Å². The first kappa shape index (κ1) is 16.7. The zero-order valence-electron chi connectivity index (χ0n) is 12.1. The second kappa shape index (κ2) is 7.46. The molecule has 0 spiro atoms. The average Bonchev–Trinajstić information content (AvgIpc) is 2.36. The molecule has 1 N–H and O–H groups in total. The Kier molecular flexibility index (Phi) is 6.57. The first-order valence-electron chi connectivity index (χ1n) is 7.19. The topological polar surface area (TPSA) is 41.6 Å². The number of carbonyl (C=O) groups is 1. The minimum Gasteiger partial charge on any atom is -0.372 e. The molecule has 1 amide bonds. The molecule has 2 heterocycles. The Hall–Kier alpha value is -0.320. The predicted octanol–water partition coefficient (Wildman–Crippen LogP) is 1.83. The van der Waals surface area contributed by atoms with Gasteiger partial charge in [-0.25, -0.2) is 0 Å². The Morgan fingerprint density at radius 3 is 2.68 bits per heavy atom. The van der Waals surface area contributed by atoms with Crippen molar-refractivity contribution in [3.8, 4) is 0 Å². The molecule has 2 aliphatic heterocycles. The van der Waals surface area contributed by atoms with E-state index in [1.54, 1.807) is 0 Å². The van der Waals surface area contributed by atoms with Crippen LogP contribution in [0.15, 0.2) is 0 Å². The van der Waals surface area contributed by atoms with Gasteiger partial charge in [0.05, 0.1) is 12.2 Å². The van der Waals surface area contributed by atoms with Gasteiger partial charge in [0.2, 0.25) is 5.91 Å². The van der Waals surface area contributed by atoms with Crippen LogP contribution in [0.1, 0.15) is 39.5 Å². The number of morpholine rings is 1. The molecule has 5 heteroatoms. The number of nitrogens with one attached hydrogen (secondary N) is 1. The fourth-order valence-corrected chi connectivity index (χ4v) is 2.89. The molecule has 0 atom stereocenters. The van der Waals surface area contributed by atoms with Crippen molar-refractivity contribution in [2.24, 2.45) is 5.92 Å². The number of carbonyl (C=O) groups excluding carboxylic acids is 1. The molecule has 0 bridgehead atoms. The Labute approximate surface area is 122 Å². The summed E-state index contributed by atoms with van der Waals surface area (Å²) in [7, 11) is 0. The van der Waals surface area contributed by atoms with Gasteiger partial charge in [-0.1, -0.05) is 0 Å². The van der Waals surface area contributed by atoms with Gasteiger partial charge in [0.1, 0.15) is 0 Å². The van der Waals surface area contributed by atoms with Crippen LogP contribution in [-0.2, 0) is 9.53 Å². The summed E-state index contributed by atoms with van der Waals surface area (Å²) in [5.41, 5.74) is -0.178. The van der Waals surface area contributed by atoms with Crippen LogP contribution in [0.3, 0.4) is 0 Å². The summed E-state index contributed by atoms with van der Waals surface area (Å²) in [6.45, 7) is 8.50. The molecule has 0 unspecified atom stereocenters. The summed E-state index contributed by atoms with van der Waals surface area (Å²) >= 11 is 0. The van der Waals surface area contributed by atoms with E-state index in [-0.39, 0.29) is 18.0 Å². The molecule has 2 aliphatic rings. The zero-order chi connectivity index (χ0) is 13.0. The number of hydrogen-bond donors (Lipinski definition) is 1. The Morgan fingerprint density at radius 2 is 2.05 bits per heavy atom. The fraction of sp³-hybridized carbons (Fsp3) is 0.929. The number of piperidine rings is 1. The second-order valence-corrected chi connectivity index (χ2v) is 6.16. The lowest BCUT2D eigenvalue weighted by Gasteiger charge is -2.38. The molecule has 2 rings (SSSR count). The number of ether oxygens (including phenoxy) is 1. The third kappa shape index (κ3) is 5.28. The third-order valence-corrected chi connectivity index (χ3v) is 4.00. The summed E-state index contributed by atoms with van der Waals surface area (Å²) in [6.07, 6.45) is 4.21. The molecule has 0 aromatic rings. The minimum absolute atomic E-state index is 0. The van der Waals surface area contributed by atoms with Crippen LogP contribution in [0.2, 0.25) is 0 Å². The lowest BCUT2D eigenvalue weighted by Crippen LogP contribution is -2.50. The number of amides is 1. The fourth-order valence-electron chi connectivity index (χ4n) is 2.89. The first-order chi connectivity index (χ1) is 8.57. The van der Waals surface area contributed by atoms with E-state index in [0.717, 1.165) is 38.5 Å². The molecular formula is C14H27ClN2O2. The lowest BCUT2D eigenvalue weighted by atomic mass is 9.93. The largest absolute Gasteiger partial charge is 0.372 e. The van der Waals surface area contributed by atoms with Crippen LogP contribution in [0.4, 0.5) is 0 Å². The van der Waals surface area contributed by atoms with Crippen molar-refractivity contribution in [1.29, 1.82) is 0 Å². The quantitative estimate of drug-likeness (QED) is 0.862. The Balaban J connectivity index is 0.00000180. The van der Waals surface area contributed by atoms with Gasteiger partial charge in [0.25, 0.3) is 0 Å². The summed E-state index contributed by atoms with van der Waals surface area (Å²) in [5, 5.41) is 3.36. The number of nitrogens with zero attached hydrogens (tertiary/aromatic N) is 1. The van der Waals surface area contributed by atoms with E-state index in [2.05, 4.69) is 19.2 Å². The Morgan fingerprint density at radius 1 is 1.37 bits per heavy atom. The van der Waals surface area contributed by atoms with Crippen LogP contribution in [0.5, 0.6) is 0 Å². The molecule has 4 nitrogen and oxygen atoms in total. The maximum absolute atomic E-state index is 12.2. The van der Waals surface area contributed by atoms with Gasteiger partial charge in [-0.15, -0.1) is 12.4 Å². The Bertz CT molecular complexity index is 291. The highest BCUT2D eigenvalue weighted by Crippen LogP contribution is 2.21. The van der Waals surface area contributed by atoms with Crippen LogP contribution in [-0.4, -0.2) is 49.2 Å². The predicted molar refractivity (Wildman–Crippen MR) is 78.7 cm³/mol. The van der Waals surface area contributed by atoms with E-state index in [1.807, 2.05) is 4.90 Å². The lowest BCUT2D eigenvalue weighted by molar-refractivity contribution is -0.146. The van der Waals surface area contributed by atoms with E-state index in [0.29, 0.717) is 18.9 Å². The highest BCUT2D eigenvalue weighted by Gasteiger charge is 2.29. The van der Waals surface area contributed by atoms with Crippen LogP contribution >= 0.6 is 12.4 Å². The molecule has 112 valence electrons. The van der Waals surface area contributed by atoms with Gasteiger partial charge < -0.3 is 15.0 Å². The van der Waals surface area contributed by atoms with Crippen molar-refractivity contribution in [3.63, 3.8) is 0 Å². The van der Waals surface area contributed by atoms with Crippen molar-refractivity contribution in [1.82, 2.24) is 10.2 Å². The molecule has 0 radical (unpaired) electrons. The van der Waals surface area contributed by atoms with Crippen molar-refractivity contribution < 1.29 is 9.53 Å². The number of rotatable bonds is 3. The highest BCUT2D eigenvalue weighted by atomic mass is 35.5. The van der Waals surface area contributed by atoms with E-state index in [1.165, 1.54) is 12.8 Å². The van der Waals surface area contributed by atoms with E-state index >= 15 is 0 Å². The van der Waals surface area contributed by atoms with Crippen LogP contribution < -0.4 is 5.32 Å². The molecule has 0 aromatic heterocycles. The van der Waals surface area contributed by atoms with Crippen molar-refractivity contribution in [2.75, 3.05) is 32.8 Å².